The second-order valence-electron chi connectivity index (χ2n) is 8.06. The lowest BCUT2D eigenvalue weighted by Crippen LogP contribution is -2.38. The highest BCUT2D eigenvalue weighted by molar-refractivity contribution is 7.18. The summed E-state index contributed by atoms with van der Waals surface area (Å²) in [7, 11) is 0. The zero-order valence-corrected chi connectivity index (χ0v) is 19.1. The molecule has 3 aromatic heterocycles. The highest BCUT2D eigenvalue weighted by atomic mass is 32.1. The van der Waals surface area contributed by atoms with Gasteiger partial charge in [0.1, 0.15) is 17.3 Å². The van der Waals surface area contributed by atoms with Crippen molar-refractivity contribution in [3.8, 4) is 21.1 Å². The normalized spacial score (nSPS) is 18.0. The molecule has 4 heterocycles. The molecule has 0 saturated carbocycles. The summed E-state index contributed by atoms with van der Waals surface area (Å²) in [6, 6.07) is 8.26. The topological polar surface area (TPSA) is 72.7 Å². The van der Waals surface area contributed by atoms with Crippen LogP contribution < -0.4 is 0 Å². The van der Waals surface area contributed by atoms with E-state index < -0.39 is 0 Å². The summed E-state index contributed by atoms with van der Waals surface area (Å²) in [5.41, 5.74) is 6.11. The van der Waals surface area contributed by atoms with Gasteiger partial charge in [0.2, 0.25) is 0 Å². The van der Waals surface area contributed by atoms with Gasteiger partial charge in [-0.15, -0.1) is 11.3 Å². The first-order chi connectivity index (χ1) is 15.8. The van der Waals surface area contributed by atoms with Crippen LogP contribution in [0.2, 0.25) is 0 Å². The maximum atomic E-state index is 5.71. The molecule has 0 aromatic carbocycles. The fraction of sp³-hybridized carbons (Fsp3) is 0.417. The molecule has 0 radical (unpaired) electrons. The van der Waals surface area contributed by atoms with E-state index in [2.05, 4.69) is 27.2 Å². The van der Waals surface area contributed by atoms with E-state index in [0.29, 0.717) is 6.61 Å². The predicted octanol–water partition coefficient (Wildman–Crippen LogP) is 3.96. The minimum atomic E-state index is 0.584. The molecule has 0 amide bonds. The molecule has 32 heavy (non-hydrogen) atoms. The summed E-state index contributed by atoms with van der Waals surface area (Å²) in [5.74, 6) is 0. The highest BCUT2D eigenvalue weighted by Gasteiger charge is 2.21. The first-order valence-electron chi connectivity index (χ1n) is 11.2. The number of ether oxygens (including phenoxy) is 1. The number of aromatic nitrogens is 3. The van der Waals surface area contributed by atoms with E-state index in [9.17, 15) is 0 Å². The summed E-state index contributed by atoms with van der Waals surface area (Å²) < 4.78 is 5.40. The maximum Gasteiger partial charge on any atom is 0.129 e. The molecule has 0 atom stereocenters. The number of aryl methyl sites for hydroxylation is 2. The number of thiazole rings is 1. The quantitative estimate of drug-likeness (QED) is 0.419. The Morgan fingerprint density at radius 3 is 2.91 bits per heavy atom. The van der Waals surface area contributed by atoms with Gasteiger partial charge in [0.25, 0.3) is 0 Å². The molecule has 3 aromatic rings. The lowest BCUT2D eigenvalue weighted by molar-refractivity contribution is 0.0211. The van der Waals surface area contributed by atoms with Gasteiger partial charge in [-0.3, -0.25) is 9.88 Å². The SMILES string of the molecule is Cc1nc(-c2cccnc2)sc1-c1ccc2c(n1)/C(=N/OCCN1CCOCC1)CCC2. The Balaban J connectivity index is 1.34. The second-order valence-corrected chi connectivity index (χ2v) is 9.06. The van der Waals surface area contributed by atoms with Gasteiger partial charge in [-0.1, -0.05) is 11.2 Å². The molecule has 1 aliphatic heterocycles. The molecular formula is C24H27N5O2S. The van der Waals surface area contributed by atoms with Crippen LogP contribution in [0.15, 0.2) is 41.8 Å². The Morgan fingerprint density at radius 2 is 2.06 bits per heavy atom. The molecule has 0 N–H and O–H groups in total. The van der Waals surface area contributed by atoms with E-state index in [0.717, 1.165) is 90.4 Å². The van der Waals surface area contributed by atoms with Crippen LogP contribution in [0, 0.1) is 6.92 Å². The summed E-state index contributed by atoms with van der Waals surface area (Å²) in [4.78, 5) is 23.1. The van der Waals surface area contributed by atoms with Gasteiger partial charge in [0, 0.05) is 37.6 Å². The van der Waals surface area contributed by atoms with Crippen molar-refractivity contribution in [1.82, 2.24) is 19.9 Å². The smallest absolute Gasteiger partial charge is 0.129 e. The predicted molar refractivity (Wildman–Crippen MR) is 126 cm³/mol. The summed E-state index contributed by atoms with van der Waals surface area (Å²) in [6.07, 6.45) is 6.62. The molecule has 0 unspecified atom stereocenters. The average molecular weight is 450 g/mol. The molecule has 7 nitrogen and oxygen atoms in total. The molecular weight excluding hydrogens is 422 g/mol. The molecule has 1 aliphatic carbocycles. The maximum absolute atomic E-state index is 5.71. The molecule has 1 fully saturated rings. The summed E-state index contributed by atoms with van der Waals surface area (Å²) >= 11 is 1.65. The zero-order valence-electron chi connectivity index (χ0n) is 18.3. The van der Waals surface area contributed by atoms with E-state index >= 15 is 0 Å². The van der Waals surface area contributed by atoms with Crippen LogP contribution in [0.4, 0.5) is 0 Å². The number of pyridine rings is 2. The number of oxime groups is 1. The van der Waals surface area contributed by atoms with Crippen LogP contribution in [0.1, 0.15) is 29.8 Å². The lowest BCUT2D eigenvalue weighted by Gasteiger charge is -2.25. The van der Waals surface area contributed by atoms with E-state index in [1.165, 1.54) is 5.56 Å². The number of hydrogen-bond acceptors (Lipinski definition) is 8. The number of fused-ring (bicyclic) bond motifs is 1. The van der Waals surface area contributed by atoms with E-state index in [-0.39, 0.29) is 0 Å². The van der Waals surface area contributed by atoms with Crippen LogP contribution in [-0.4, -0.2) is 65.0 Å². The van der Waals surface area contributed by atoms with Gasteiger partial charge in [-0.05, 0) is 49.9 Å². The van der Waals surface area contributed by atoms with Gasteiger partial charge < -0.3 is 9.57 Å². The van der Waals surface area contributed by atoms with E-state index in [4.69, 9.17) is 19.5 Å². The van der Waals surface area contributed by atoms with Gasteiger partial charge in [-0.25, -0.2) is 9.97 Å². The van der Waals surface area contributed by atoms with Crippen LogP contribution in [0.5, 0.6) is 0 Å². The highest BCUT2D eigenvalue weighted by Crippen LogP contribution is 2.35. The largest absolute Gasteiger partial charge is 0.394 e. The van der Waals surface area contributed by atoms with Crippen molar-refractivity contribution in [1.29, 1.82) is 0 Å². The van der Waals surface area contributed by atoms with E-state index in [1.807, 2.05) is 25.3 Å². The van der Waals surface area contributed by atoms with Crippen molar-refractivity contribution in [2.45, 2.75) is 26.2 Å². The molecule has 8 heteroatoms. The van der Waals surface area contributed by atoms with Crippen LogP contribution >= 0.6 is 11.3 Å². The van der Waals surface area contributed by atoms with Gasteiger partial charge in [0.15, 0.2) is 0 Å². The molecule has 0 spiro atoms. The van der Waals surface area contributed by atoms with Crippen LogP contribution in [0.3, 0.4) is 0 Å². The fourth-order valence-electron chi connectivity index (χ4n) is 4.08. The lowest BCUT2D eigenvalue weighted by atomic mass is 9.94. The van der Waals surface area contributed by atoms with Crippen LogP contribution in [-0.2, 0) is 16.0 Å². The van der Waals surface area contributed by atoms with Crippen molar-refractivity contribution >= 4 is 17.0 Å². The molecule has 1 saturated heterocycles. The third-order valence-corrected chi connectivity index (χ3v) is 7.06. The Morgan fingerprint density at radius 1 is 1.16 bits per heavy atom. The van der Waals surface area contributed by atoms with Crippen molar-refractivity contribution in [2.75, 3.05) is 39.5 Å². The fourth-order valence-corrected chi connectivity index (χ4v) is 5.11. The number of nitrogens with zero attached hydrogens (tertiary/aromatic N) is 5. The van der Waals surface area contributed by atoms with Gasteiger partial charge in [-0.2, -0.15) is 0 Å². The van der Waals surface area contributed by atoms with Crippen molar-refractivity contribution in [2.24, 2.45) is 5.16 Å². The molecule has 166 valence electrons. The average Bonchev–Trinajstić information content (AvgIpc) is 3.24. The second kappa shape index (κ2) is 9.85. The van der Waals surface area contributed by atoms with E-state index in [1.54, 1.807) is 17.5 Å². The van der Waals surface area contributed by atoms with Crippen LogP contribution in [0.25, 0.3) is 21.1 Å². The summed E-state index contributed by atoms with van der Waals surface area (Å²) in [6.45, 7) is 7.02. The minimum Gasteiger partial charge on any atom is -0.394 e. The first-order valence-corrected chi connectivity index (χ1v) is 12.0. The monoisotopic (exact) mass is 449 g/mol. The Labute approximate surface area is 192 Å². The third-order valence-electron chi connectivity index (χ3n) is 5.83. The van der Waals surface area contributed by atoms with Gasteiger partial charge in [0.05, 0.1) is 35.2 Å². The molecule has 0 bridgehead atoms. The summed E-state index contributed by atoms with van der Waals surface area (Å²) in [5, 5.41) is 5.46. The number of rotatable bonds is 6. The number of hydrogen-bond donors (Lipinski definition) is 0. The zero-order chi connectivity index (χ0) is 21.8. The standard InChI is InChI=1S/C24H27N5O2S/c1-17-23(32-24(26-17)19-5-3-9-25-16-19)21-8-7-18-4-2-6-20(22(18)27-21)28-31-15-12-29-10-13-30-14-11-29/h3,5,7-9,16H,2,4,6,10-15H2,1H3/b28-20+. The van der Waals surface area contributed by atoms with Crippen molar-refractivity contribution < 1.29 is 9.57 Å². The Kier molecular flexibility index (Phi) is 6.52. The van der Waals surface area contributed by atoms with Gasteiger partial charge >= 0.3 is 0 Å². The third kappa shape index (κ3) is 4.72. The molecule has 5 rings (SSSR count). The first kappa shape index (κ1) is 21.2. The van der Waals surface area contributed by atoms with Crippen molar-refractivity contribution in [3.63, 3.8) is 0 Å². The Hall–Kier alpha value is -2.68. The van der Waals surface area contributed by atoms with Crippen molar-refractivity contribution in [3.05, 3.63) is 53.6 Å². The molecule has 2 aliphatic rings. The minimum absolute atomic E-state index is 0.584. The Bertz CT molecular complexity index is 1090. The number of morpholine rings is 1.